The van der Waals surface area contributed by atoms with E-state index in [9.17, 15) is 0 Å². The van der Waals surface area contributed by atoms with Gasteiger partial charge in [-0.2, -0.15) is 0 Å². The molecule has 0 N–H and O–H groups in total. The van der Waals surface area contributed by atoms with Gasteiger partial charge < -0.3 is 0 Å². The van der Waals surface area contributed by atoms with Crippen molar-refractivity contribution >= 4 is 22.6 Å². The molecule has 0 saturated heterocycles. The van der Waals surface area contributed by atoms with Crippen molar-refractivity contribution in [2.45, 2.75) is 52.4 Å². The zero-order chi connectivity index (χ0) is 14.4. The molecule has 0 bridgehead atoms. The van der Waals surface area contributed by atoms with Gasteiger partial charge in [-0.3, -0.25) is 0 Å². The Kier molecular flexibility index (Phi) is 3.34. The van der Waals surface area contributed by atoms with Crippen LogP contribution in [0.5, 0.6) is 0 Å². The van der Waals surface area contributed by atoms with E-state index in [1.807, 2.05) is 6.07 Å². The quantitative estimate of drug-likeness (QED) is 0.685. The minimum absolute atomic E-state index is 0.0963. The summed E-state index contributed by atoms with van der Waals surface area (Å²) in [5.74, 6) is 0. The number of nitrogens with zero attached hydrogens (tertiary/aromatic N) is 2. The van der Waals surface area contributed by atoms with Crippen LogP contribution in [-0.2, 0) is 10.8 Å². The monoisotopic (exact) mass is 276 g/mol. The summed E-state index contributed by atoms with van der Waals surface area (Å²) in [6.07, 6.45) is 0. The molecular weight excluding hydrogens is 256 g/mol. The molecule has 0 saturated carbocycles. The van der Waals surface area contributed by atoms with Gasteiger partial charge in [-0.05, 0) is 23.1 Å². The second kappa shape index (κ2) is 4.45. The van der Waals surface area contributed by atoms with Crippen LogP contribution in [0.25, 0.3) is 11.0 Å². The maximum atomic E-state index is 6.28. The highest BCUT2D eigenvalue weighted by atomic mass is 35.5. The average molecular weight is 277 g/mol. The standard InChI is InChI=1S/C16H21ClN2/c1-15(2,3)10-7-8-11-12(9-10)19-14(17)13(18-11)16(4,5)6/h7-9H,1-6H3. The highest BCUT2D eigenvalue weighted by Crippen LogP contribution is 2.30. The summed E-state index contributed by atoms with van der Waals surface area (Å²) < 4.78 is 0. The smallest absolute Gasteiger partial charge is 0.151 e. The van der Waals surface area contributed by atoms with Gasteiger partial charge in [-0.1, -0.05) is 59.2 Å². The van der Waals surface area contributed by atoms with Crippen molar-refractivity contribution in [3.05, 3.63) is 34.6 Å². The van der Waals surface area contributed by atoms with Gasteiger partial charge in [0.05, 0.1) is 16.7 Å². The summed E-state index contributed by atoms with van der Waals surface area (Å²) in [5.41, 5.74) is 3.87. The summed E-state index contributed by atoms with van der Waals surface area (Å²) in [6, 6.07) is 6.24. The molecule has 0 fully saturated rings. The summed E-state index contributed by atoms with van der Waals surface area (Å²) in [4.78, 5) is 9.19. The zero-order valence-corrected chi connectivity index (χ0v) is 13.3. The number of aromatic nitrogens is 2. The molecule has 102 valence electrons. The van der Waals surface area contributed by atoms with Gasteiger partial charge in [-0.15, -0.1) is 0 Å². The normalized spacial score (nSPS) is 13.0. The Balaban J connectivity index is 2.65. The molecule has 1 heterocycles. The number of rotatable bonds is 0. The van der Waals surface area contributed by atoms with E-state index in [4.69, 9.17) is 11.6 Å². The van der Waals surface area contributed by atoms with Crippen molar-refractivity contribution < 1.29 is 0 Å². The number of halogens is 1. The molecule has 0 atom stereocenters. The number of hydrogen-bond donors (Lipinski definition) is 0. The highest BCUT2D eigenvalue weighted by molar-refractivity contribution is 6.30. The first kappa shape index (κ1) is 14.3. The van der Waals surface area contributed by atoms with E-state index in [0.29, 0.717) is 5.15 Å². The fraction of sp³-hybridized carbons (Fsp3) is 0.500. The predicted octanol–water partition coefficient (Wildman–Crippen LogP) is 4.88. The van der Waals surface area contributed by atoms with Crippen molar-refractivity contribution in [3.63, 3.8) is 0 Å². The minimum atomic E-state index is -0.0963. The van der Waals surface area contributed by atoms with Gasteiger partial charge in [0.1, 0.15) is 0 Å². The van der Waals surface area contributed by atoms with Crippen molar-refractivity contribution in [2.24, 2.45) is 0 Å². The van der Waals surface area contributed by atoms with Crippen molar-refractivity contribution in [2.75, 3.05) is 0 Å². The molecular formula is C16H21ClN2. The SMILES string of the molecule is CC(C)(C)c1ccc2nc(C(C)(C)C)c(Cl)nc2c1. The van der Waals surface area contributed by atoms with Gasteiger partial charge in [0.2, 0.25) is 0 Å². The number of hydrogen-bond acceptors (Lipinski definition) is 2. The van der Waals surface area contributed by atoms with E-state index in [-0.39, 0.29) is 10.8 Å². The Morgan fingerprint density at radius 3 is 2.00 bits per heavy atom. The van der Waals surface area contributed by atoms with Gasteiger partial charge >= 0.3 is 0 Å². The Labute approximate surface area is 120 Å². The Bertz CT molecular complexity index is 619. The van der Waals surface area contributed by atoms with Gasteiger partial charge in [0.25, 0.3) is 0 Å². The lowest BCUT2D eigenvalue weighted by molar-refractivity contribution is 0.568. The lowest BCUT2D eigenvalue weighted by atomic mass is 9.87. The first-order valence-electron chi connectivity index (χ1n) is 6.57. The van der Waals surface area contributed by atoms with Crippen LogP contribution in [0.4, 0.5) is 0 Å². The van der Waals surface area contributed by atoms with Crippen LogP contribution in [0.15, 0.2) is 18.2 Å². The van der Waals surface area contributed by atoms with Crippen LogP contribution in [0, 0.1) is 0 Å². The topological polar surface area (TPSA) is 25.8 Å². The van der Waals surface area contributed by atoms with Crippen molar-refractivity contribution in [1.82, 2.24) is 9.97 Å². The van der Waals surface area contributed by atoms with Gasteiger partial charge in [0.15, 0.2) is 5.15 Å². The van der Waals surface area contributed by atoms with E-state index >= 15 is 0 Å². The van der Waals surface area contributed by atoms with Crippen molar-refractivity contribution in [1.29, 1.82) is 0 Å². The molecule has 0 aliphatic carbocycles. The maximum Gasteiger partial charge on any atom is 0.151 e. The van der Waals surface area contributed by atoms with Crippen LogP contribution in [0.2, 0.25) is 5.15 Å². The molecule has 0 aliphatic heterocycles. The zero-order valence-electron chi connectivity index (χ0n) is 12.5. The molecule has 19 heavy (non-hydrogen) atoms. The minimum Gasteiger partial charge on any atom is -0.247 e. The Hall–Kier alpha value is -1.15. The van der Waals surface area contributed by atoms with Crippen LogP contribution in [0.1, 0.15) is 52.8 Å². The lowest BCUT2D eigenvalue weighted by Crippen LogP contribution is -2.16. The van der Waals surface area contributed by atoms with E-state index in [0.717, 1.165) is 16.7 Å². The molecule has 1 aromatic heterocycles. The first-order chi connectivity index (χ1) is 8.59. The fourth-order valence-corrected chi connectivity index (χ4v) is 2.39. The summed E-state index contributed by atoms with van der Waals surface area (Å²) in [5, 5.41) is 0.506. The molecule has 1 aromatic carbocycles. The third-order valence-electron chi connectivity index (χ3n) is 3.20. The van der Waals surface area contributed by atoms with Crippen LogP contribution >= 0.6 is 11.6 Å². The van der Waals surface area contributed by atoms with Crippen molar-refractivity contribution in [3.8, 4) is 0 Å². The molecule has 2 aromatic rings. The van der Waals surface area contributed by atoms with Crippen LogP contribution < -0.4 is 0 Å². The maximum absolute atomic E-state index is 6.28. The van der Waals surface area contributed by atoms with Crippen LogP contribution in [0.3, 0.4) is 0 Å². The summed E-state index contributed by atoms with van der Waals surface area (Å²) in [6.45, 7) is 12.8. The molecule has 0 radical (unpaired) electrons. The van der Waals surface area contributed by atoms with Gasteiger partial charge in [0, 0.05) is 5.41 Å². The van der Waals surface area contributed by atoms with Gasteiger partial charge in [-0.25, -0.2) is 9.97 Å². The summed E-state index contributed by atoms with van der Waals surface area (Å²) in [7, 11) is 0. The second-order valence-corrected chi connectivity index (χ2v) is 7.42. The molecule has 0 amide bonds. The predicted molar refractivity (Wildman–Crippen MR) is 81.9 cm³/mol. The molecule has 3 heteroatoms. The van der Waals surface area contributed by atoms with E-state index < -0.39 is 0 Å². The Morgan fingerprint density at radius 1 is 0.842 bits per heavy atom. The first-order valence-corrected chi connectivity index (χ1v) is 6.95. The lowest BCUT2D eigenvalue weighted by Gasteiger charge is -2.21. The fourth-order valence-electron chi connectivity index (χ4n) is 1.98. The molecule has 0 unspecified atom stereocenters. The van der Waals surface area contributed by atoms with E-state index in [1.54, 1.807) is 0 Å². The third-order valence-corrected chi connectivity index (χ3v) is 3.46. The van der Waals surface area contributed by atoms with E-state index in [2.05, 4.69) is 63.6 Å². The number of benzene rings is 1. The number of fused-ring (bicyclic) bond motifs is 1. The highest BCUT2D eigenvalue weighted by Gasteiger charge is 2.22. The Morgan fingerprint density at radius 2 is 1.47 bits per heavy atom. The summed E-state index contributed by atoms with van der Waals surface area (Å²) >= 11 is 6.28. The second-order valence-electron chi connectivity index (χ2n) is 7.07. The molecule has 0 spiro atoms. The van der Waals surface area contributed by atoms with Crippen LogP contribution in [-0.4, -0.2) is 9.97 Å². The third kappa shape index (κ3) is 2.89. The largest absolute Gasteiger partial charge is 0.247 e. The molecule has 2 rings (SSSR count). The molecule has 0 aliphatic rings. The van der Waals surface area contributed by atoms with E-state index in [1.165, 1.54) is 5.56 Å². The molecule has 2 nitrogen and oxygen atoms in total. The average Bonchev–Trinajstić information content (AvgIpc) is 2.24.